The molecule has 2 aromatic carbocycles. The predicted octanol–water partition coefficient (Wildman–Crippen LogP) is 4.78. The molecule has 1 unspecified atom stereocenters. The lowest BCUT2D eigenvalue weighted by molar-refractivity contribution is -0.140. The van der Waals surface area contributed by atoms with E-state index in [1.807, 2.05) is 37.3 Å². The standard InChI is InChI=1S/C25H21BrN2O4/c1-15-11-18(8-9-20(15)32-2)23(29)21-22(17-6-3-7-19(26)12-17)28(25(31)24(21)30)14-16-5-4-10-27-13-16/h3-13,22,29H,14H2,1-2H3. The second-order valence-electron chi connectivity index (χ2n) is 7.53. The van der Waals surface area contributed by atoms with Crippen LogP contribution in [0.5, 0.6) is 5.75 Å². The Morgan fingerprint density at radius 2 is 1.97 bits per heavy atom. The summed E-state index contributed by atoms with van der Waals surface area (Å²) >= 11 is 3.46. The van der Waals surface area contributed by atoms with Crippen molar-refractivity contribution < 1.29 is 19.4 Å². The number of Topliss-reactive ketones (excluding diaryl/α,β-unsaturated/α-hetero) is 1. The lowest BCUT2D eigenvalue weighted by Gasteiger charge is -2.25. The topological polar surface area (TPSA) is 79.7 Å². The van der Waals surface area contributed by atoms with Crippen LogP contribution in [0.2, 0.25) is 0 Å². The molecule has 1 amide bonds. The van der Waals surface area contributed by atoms with Crippen LogP contribution in [-0.4, -0.2) is 33.8 Å². The fourth-order valence-corrected chi connectivity index (χ4v) is 4.35. The quantitative estimate of drug-likeness (QED) is 0.314. The number of halogens is 1. The number of benzene rings is 2. The zero-order valence-electron chi connectivity index (χ0n) is 17.6. The Kier molecular flexibility index (Phi) is 6.10. The molecule has 0 bridgehead atoms. The number of pyridine rings is 1. The summed E-state index contributed by atoms with van der Waals surface area (Å²) in [6.07, 6.45) is 3.31. The SMILES string of the molecule is COc1ccc(C(O)=C2C(=O)C(=O)N(Cc3cccnc3)C2c2cccc(Br)c2)cc1C. The lowest BCUT2D eigenvalue weighted by Crippen LogP contribution is -2.29. The fraction of sp³-hybridized carbons (Fsp3) is 0.160. The number of likely N-dealkylation sites (tertiary alicyclic amines) is 1. The van der Waals surface area contributed by atoms with Gasteiger partial charge in [0.15, 0.2) is 0 Å². The van der Waals surface area contributed by atoms with Gasteiger partial charge in [0.1, 0.15) is 11.5 Å². The van der Waals surface area contributed by atoms with Crippen molar-refractivity contribution in [1.82, 2.24) is 9.88 Å². The molecule has 1 aromatic heterocycles. The number of hydrogen-bond donors (Lipinski definition) is 1. The largest absolute Gasteiger partial charge is 0.507 e. The van der Waals surface area contributed by atoms with E-state index in [1.54, 1.807) is 43.8 Å². The van der Waals surface area contributed by atoms with E-state index in [2.05, 4.69) is 20.9 Å². The Hall–Kier alpha value is -3.45. The predicted molar refractivity (Wildman–Crippen MR) is 124 cm³/mol. The molecular formula is C25H21BrN2O4. The number of rotatable bonds is 5. The van der Waals surface area contributed by atoms with Gasteiger partial charge in [-0.15, -0.1) is 0 Å². The van der Waals surface area contributed by atoms with Crippen molar-refractivity contribution in [3.8, 4) is 5.75 Å². The Morgan fingerprint density at radius 3 is 2.62 bits per heavy atom. The average Bonchev–Trinajstić information content (AvgIpc) is 3.04. The van der Waals surface area contributed by atoms with Gasteiger partial charge in [0, 0.05) is 29.0 Å². The zero-order chi connectivity index (χ0) is 22.8. The summed E-state index contributed by atoms with van der Waals surface area (Å²) in [5.41, 5.74) is 2.81. The van der Waals surface area contributed by atoms with Crippen LogP contribution in [-0.2, 0) is 16.1 Å². The summed E-state index contributed by atoms with van der Waals surface area (Å²) in [4.78, 5) is 31.8. The maximum atomic E-state index is 13.1. The molecule has 7 heteroatoms. The first-order valence-corrected chi connectivity index (χ1v) is 10.8. The number of aliphatic hydroxyl groups excluding tert-OH is 1. The van der Waals surface area contributed by atoms with E-state index in [1.165, 1.54) is 4.90 Å². The molecule has 1 aliphatic heterocycles. The summed E-state index contributed by atoms with van der Waals surface area (Å²) < 4.78 is 6.10. The highest BCUT2D eigenvalue weighted by molar-refractivity contribution is 9.10. The molecule has 1 saturated heterocycles. The molecule has 4 rings (SSSR count). The highest BCUT2D eigenvalue weighted by Crippen LogP contribution is 2.41. The maximum absolute atomic E-state index is 13.1. The normalized spacial score (nSPS) is 17.6. The van der Waals surface area contributed by atoms with Gasteiger partial charge in [-0.3, -0.25) is 14.6 Å². The first-order chi connectivity index (χ1) is 15.4. The van der Waals surface area contributed by atoms with E-state index < -0.39 is 17.7 Å². The van der Waals surface area contributed by atoms with Gasteiger partial charge in [-0.05, 0) is 60.0 Å². The van der Waals surface area contributed by atoms with Crippen LogP contribution >= 0.6 is 15.9 Å². The number of hydrogen-bond acceptors (Lipinski definition) is 5. The fourth-order valence-electron chi connectivity index (χ4n) is 3.94. The van der Waals surface area contributed by atoms with Gasteiger partial charge in [-0.2, -0.15) is 0 Å². The van der Waals surface area contributed by atoms with Crippen LogP contribution in [0.15, 0.2) is 77.0 Å². The highest BCUT2D eigenvalue weighted by Gasteiger charge is 2.46. The van der Waals surface area contributed by atoms with Crippen LogP contribution < -0.4 is 4.74 Å². The first-order valence-electron chi connectivity index (χ1n) is 9.98. The van der Waals surface area contributed by atoms with Gasteiger partial charge in [-0.1, -0.05) is 34.1 Å². The Balaban J connectivity index is 1.87. The number of nitrogens with zero attached hydrogens (tertiary/aromatic N) is 2. The van der Waals surface area contributed by atoms with Crippen molar-refractivity contribution in [3.63, 3.8) is 0 Å². The van der Waals surface area contributed by atoms with Crippen molar-refractivity contribution in [2.45, 2.75) is 19.5 Å². The molecule has 162 valence electrons. The third-order valence-electron chi connectivity index (χ3n) is 5.45. The second kappa shape index (κ2) is 8.96. The molecular weight excluding hydrogens is 472 g/mol. The smallest absolute Gasteiger partial charge is 0.295 e. The molecule has 1 atom stereocenters. The van der Waals surface area contributed by atoms with Gasteiger partial charge in [0.05, 0.1) is 18.7 Å². The Bertz CT molecular complexity index is 1220. The highest BCUT2D eigenvalue weighted by atomic mass is 79.9. The number of ketones is 1. The summed E-state index contributed by atoms with van der Waals surface area (Å²) in [7, 11) is 1.57. The molecule has 32 heavy (non-hydrogen) atoms. The van der Waals surface area contributed by atoms with E-state index in [9.17, 15) is 14.7 Å². The zero-order valence-corrected chi connectivity index (χ0v) is 19.2. The van der Waals surface area contributed by atoms with Crippen LogP contribution in [0.4, 0.5) is 0 Å². The summed E-state index contributed by atoms with van der Waals surface area (Å²) in [5, 5.41) is 11.2. The van der Waals surface area contributed by atoms with E-state index >= 15 is 0 Å². The molecule has 6 nitrogen and oxygen atoms in total. The molecule has 2 heterocycles. The number of aliphatic hydroxyl groups is 1. The van der Waals surface area contributed by atoms with E-state index in [0.29, 0.717) is 16.9 Å². The molecule has 0 radical (unpaired) electrons. The van der Waals surface area contributed by atoms with Crippen LogP contribution in [0.3, 0.4) is 0 Å². The second-order valence-corrected chi connectivity index (χ2v) is 8.44. The molecule has 3 aromatic rings. The number of ether oxygens (including phenoxy) is 1. The van der Waals surface area contributed by atoms with Gasteiger partial charge in [0.25, 0.3) is 11.7 Å². The van der Waals surface area contributed by atoms with Crippen LogP contribution in [0.1, 0.15) is 28.3 Å². The molecule has 1 N–H and O–H groups in total. The van der Waals surface area contributed by atoms with Crippen LogP contribution in [0, 0.1) is 6.92 Å². The third kappa shape index (κ3) is 4.03. The van der Waals surface area contributed by atoms with Gasteiger partial charge < -0.3 is 14.7 Å². The average molecular weight is 493 g/mol. The Labute approximate surface area is 194 Å². The number of carbonyl (C=O) groups excluding carboxylic acids is 2. The monoisotopic (exact) mass is 492 g/mol. The summed E-state index contributed by atoms with van der Waals surface area (Å²) in [5.74, 6) is -0.926. The van der Waals surface area contributed by atoms with Crippen molar-refractivity contribution in [3.05, 3.63) is 99.3 Å². The molecule has 1 fully saturated rings. The van der Waals surface area contributed by atoms with Crippen molar-refractivity contribution >= 4 is 33.4 Å². The van der Waals surface area contributed by atoms with E-state index in [-0.39, 0.29) is 17.9 Å². The Morgan fingerprint density at radius 1 is 1.16 bits per heavy atom. The van der Waals surface area contributed by atoms with Crippen molar-refractivity contribution in [2.75, 3.05) is 7.11 Å². The number of carbonyl (C=O) groups is 2. The van der Waals surface area contributed by atoms with E-state index in [0.717, 1.165) is 15.6 Å². The summed E-state index contributed by atoms with van der Waals surface area (Å²) in [6.45, 7) is 2.04. The van der Waals surface area contributed by atoms with Gasteiger partial charge >= 0.3 is 0 Å². The van der Waals surface area contributed by atoms with Crippen molar-refractivity contribution in [1.29, 1.82) is 0 Å². The van der Waals surface area contributed by atoms with E-state index in [4.69, 9.17) is 4.74 Å². The minimum absolute atomic E-state index is 0.0570. The van der Waals surface area contributed by atoms with Crippen molar-refractivity contribution in [2.24, 2.45) is 0 Å². The maximum Gasteiger partial charge on any atom is 0.295 e. The number of amides is 1. The minimum Gasteiger partial charge on any atom is -0.507 e. The number of aromatic nitrogens is 1. The first kappa shape index (κ1) is 21.8. The van der Waals surface area contributed by atoms with Crippen LogP contribution in [0.25, 0.3) is 5.76 Å². The molecule has 0 spiro atoms. The van der Waals surface area contributed by atoms with Gasteiger partial charge in [-0.25, -0.2) is 0 Å². The number of methoxy groups -OCH3 is 1. The lowest BCUT2D eigenvalue weighted by atomic mass is 9.94. The minimum atomic E-state index is -0.741. The molecule has 0 saturated carbocycles. The number of aryl methyl sites for hydroxylation is 1. The van der Waals surface area contributed by atoms with Gasteiger partial charge in [0.2, 0.25) is 0 Å². The summed E-state index contributed by atoms with van der Waals surface area (Å²) in [6, 6.07) is 15.4. The molecule has 1 aliphatic rings. The third-order valence-corrected chi connectivity index (χ3v) is 5.94. The molecule has 0 aliphatic carbocycles.